The normalized spacial score (nSPS) is 13.2. The highest BCUT2D eigenvalue weighted by Crippen LogP contribution is 2.25. The lowest BCUT2D eigenvalue weighted by atomic mass is 10.1. The molecule has 122 valence electrons. The number of benzene rings is 2. The number of carbonyl (C=O) groups excluding carboxylic acids is 3. The second-order valence-corrected chi connectivity index (χ2v) is 5.69. The molecule has 2 aromatic carbocycles. The highest BCUT2D eigenvalue weighted by molar-refractivity contribution is 6.32. The fourth-order valence-electron chi connectivity index (χ4n) is 2.44. The van der Waals surface area contributed by atoms with Crippen LogP contribution in [0.4, 0.5) is 4.39 Å². The van der Waals surface area contributed by atoms with E-state index in [1.165, 1.54) is 24.3 Å². The van der Waals surface area contributed by atoms with Crippen LogP contribution in [0.2, 0.25) is 5.02 Å². The molecule has 2 aromatic rings. The molecule has 7 heteroatoms. The van der Waals surface area contributed by atoms with Gasteiger partial charge in [0.25, 0.3) is 11.8 Å². The quantitative estimate of drug-likeness (QED) is 0.864. The molecule has 0 fully saturated rings. The molecule has 24 heavy (non-hydrogen) atoms. The van der Waals surface area contributed by atoms with Crippen LogP contribution < -0.4 is 5.32 Å². The number of halogens is 2. The minimum atomic E-state index is -0.571. The molecule has 1 heterocycles. The molecule has 1 N–H and O–H groups in total. The lowest BCUT2D eigenvalue weighted by Gasteiger charge is -2.13. The van der Waals surface area contributed by atoms with Crippen LogP contribution >= 0.6 is 11.6 Å². The van der Waals surface area contributed by atoms with Crippen molar-refractivity contribution in [2.24, 2.45) is 0 Å². The van der Waals surface area contributed by atoms with Crippen molar-refractivity contribution in [3.63, 3.8) is 0 Å². The van der Waals surface area contributed by atoms with Crippen LogP contribution in [-0.2, 0) is 11.3 Å². The minimum Gasteiger partial charge on any atom is -0.350 e. The van der Waals surface area contributed by atoms with E-state index in [1.807, 2.05) is 0 Å². The molecule has 0 unspecified atom stereocenters. The zero-order valence-corrected chi connectivity index (χ0v) is 13.1. The van der Waals surface area contributed by atoms with E-state index in [2.05, 4.69) is 5.32 Å². The summed E-state index contributed by atoms with van der Waals surface area (Å²) in [5.74, 6) is -2.11. The minimum absolute atomic E-state index is 0.0273. The van der Waals surface area contributed by atoms with Gasteiger partial charge in [0.05, 0.1) is 11.1 Å². The zero-order chi connectivity index (χ0) is 17.3. The van der Waals surface area contributed by atoms with E-state index in [-0.39, 0.29) is 17.7 Å². The Morgan fingerprint density at radius 1 is 1.08 bits per heavy atom. The first-order valence-electron chi connectivity index (χ1n) is 7.13. The van der Waals surface area contributed by atoms with Crippen LogP contribution in [0, 0.1) is 5.82 Å². The molecule has 0 aliphatic carbocycles. The maximum Gasteiger partial charge on any atom is 0.262 e. The maximum atomic E-state index is 13.5. The molecule has 1 aliphatic rings. The average Bonchev–Trinajstić information content (AvgIpc) is 2.79. The summed E-state index contributed by atoms with van der Waals surface area (Å²) in [6.45, 7) is -0.459. The van der Waals surface area contributed by atoms with Gasteiger partial charge >= 0.3 is 0 Å². The Morgan fingerprint density at radius 2 is 1.79 bits per heavy atom. The van der Waals surface area contributed by atoms with Gasteiger partial charge in [0.1, 0.15) is 12.4 Å². The third-order valence-corrected chi connectivity index (χ3v) is 3.90. The fraction of sp³-hybridized carbons (Fsp3) is 0.118. The van der Waals surface area contributed by atoms with E-state index >= 15 is 0 Å². The van der Waals surface area contributed by atoms with E-state index in [4.69, 9.17) is 11.6 Å². The number of carbonyl (C=O) groups is 3. The van der Waals surface area contributed by atoms with Crippen molar-refractivity contribution in [3.8, 4) is 0 Å². The molecule has 0 aromatic heterocycles. The first kappa shape index (κ1) is 16.1. The van der Waals surface area contributed by atoms with E-state index < -0.39 is 30.1 Å². The van der Waals surface area contributed by atoms with E-state index in [1.54, 1.807) is 18.2 Å². The van der Waals surface area contributed by atoms with Gasteiger partial charge in [-0.1, -0.05) is 29.8 Å². The highest BCUT2D eigenvalue weighted by atomic mass is 35.5. The topological polar surface area (TPSA) is 66.5 Å². The molecule has 5 nitrogen and oxygen atoms in total. The summed E-state index contributed by atoms with van der Waals surface area (Å²) in [5, 5.41) is 2.83. The summed E-state index contributed by atoms with van der Waals surface area (Å²) in [4.78, 5) is 37.3. The summed E-state index contributed by atoms with van der Waals surface area (Å²) in [6, 6.07) is 10.4. The van der Waals surface area contributed by atoms with E-state index in [0.29, 0.717) is 10.6 Å². The first-order chi connectivity index (χ1) is 11.5. The maximum absolute atomic E-state index is 13.5. The Kier molecular flexibility index (Phi) is 4.31. The number of hydrogen-bond acceptors (Lipinski definition) is 3. The summed E-state index contributed by atoms with van der Waals surface area (Å²) >= 11 is 5.83. The molecule has 0 saturated carbocycles. The molecule has 3 rings (SSSR count). The Morgan fingerprint density at radius 3 is 2.54 bits per heavy atom. The Bertz CT molecular complexity index is 853. The number of nitrogens with zero attached hydrogens (tertiary/aromatic N) is 1. The number of rotatable bonds is 4. The van der Waals surface area contributed by atoms with E-state index in [9.17, 15) is 18.8 Å². The lowest BCUT2D eigenvalue weighted by molar-refractivity contribution is -0.121. The molecule has 1 aliphatic heterocycles. The van der Waals surface area contributed by atoms with Crippen LogP contribution in [0.25, 0.3) is 0 Å². The second-order valence-electron chi connectivity index (χ2n) is 5.25. The van der Waals surface area contributed by atoms with Crippen molar-refractivity contribution in [1.82, 2.24) is 10.2 Å². The van der Waals surface area contributed by atoms with Gasteiger partial charge in [-0.2, -0.15) is 0 Å². The van der Waals surface area contributed by atoms with Crippen molar-refractivity contribution >= 4 is 29.3 Å². The number of amides is 3. The van der Waals surface area contributed by atoms with Gasteiger partial charge in [-0.05, 0) is 24.3 Å². The van der Waals surface area contributed by atoms with Crippen molar-refractivity contribution in [2.45, 2.75) is 6.54 Å². The number of imide groups is 1. The van der Waals surface area contributed by atoms with Crippen LogP contribution in [0.5, 0.6) is 0 Å². The van der Waals surface area contributed by atoms with Crippen LogP contribution in [0.3, 0.4) is 0 Å². The van der Waals surface area contributed by atoms with Gasteiger partial charge < -0.3 is 5.32 Å². The van der Waals surface area contributed by atoms with Gasteiger partial charge in [-0.3, -0.25) is 19.3 Å². The molecule has 0 atom stereocenters. The van der Waals surface area contributed by atoms with Crippen molar-refractivity contribution in [2.75, 3.05) is 6.54 Å². The number of hydrogen-bond donors (Lipinski definition) is 1. The monoisotopic (exact) mass is 346 g/mol. The van der Waals surface area contributed by atoms with Gasteiger partial charge in [-0.25, -0.2) is 4.39 Å². The first-order valence-corrected chi connectivity index (χ1v) is 7.51. The van der Waals surface area contributed by atoms with Gasteiger partial charge in [-0.15, -0.1) is 0 Å². The predicted molar refractivity (Wildman–Crippen MR) is 85.1 cm³/mol. The smallest absolute Gasteiger partial charge is 0.262 e. The average molecular weight is 347 g/mol. The Hall–Kier alpha value is -2.73. The van der Waals surface area contributed by atoms with Gasteiger partial charge in [0, 0.05) is 17.1 Å². The standard InChI is InChI=1S/C17H12ClFN2O3/c18-11-5-6-12-13(7-11)17(24)21(16(12)23)9-15(22)20-8-10-3-1-2-4-14(10)19/h1-7H,8-9H2,(H,20,22). The molecule has 0 radical (unpaired) electrons. The molecule has 0 bridgehead atoms. The number of fused-ring (bicyclic) bond motifs is 1. The molecule has 0 spiro atoms. The van der Waals surface area contributed by atoms with Crippen LogP contribution in [0.1, 0.15) is 26.3 Å². The largest absolute Gasteiger partial charge is 0.350 e. The molecular weight excluding hydrogens is 335 g/mol. The molecular formula is C17H12ClFN2O3. The predicted octanol–water partition coefficient (Wildman–Crippen LogP) is 2.39. The van der Waals surface area contributed by atoms with Crippen molar-refractivity contribution in [1.29, 1.82) is 0 Å². The fourth-order valence-corrected chi connectivity index (χ4v) is 2.61. The van der Waals surface area contributed by atoms with Crippen molar-refractivity contribution in [3.05, 3.63) is 70.0 Å². The summed E-state index contributed by atoms with van der Waals surface area (Å²) in [7, 11) is 0. The van der Waals surface area contributed by atoms with Crippen LogP contribution in [0.15, 0.2) is 42.5 Å². The lowest BCUT2D eigenvalue weighted by Crippen LogP contribution is -2.40. The summed E-state index contributed by atoms with van der Waals surface area (Å²) in [5.41, 5.74) is 0.709. The number of nitrogens with one attached hydrogen (secondary N) is 1. The SMILES string of the molecule is O=C(CN1C(=O)c2ccc(Cl)cc2C1=O)NCc1ccccc1F. The third-order valence-electron chi connectivity index (χ3n) is 3.67. The van der Waals surface area contributed by atoms with Gasteiger partial charge in [0.15, 0.2) is 0 Å². The summed E-state index contributed by atoms with van der Waals surface area (Å²) in [6.07, 6.45) is 0. The second kappa shape index (κ2) is 6.41. The van der Waals surface area contributed by atoms with Gasteiger partial charge in [0.2, 0.25) is 5.91 Å². The Labute approximate surface area is 142 Å². The van der Waals surface area contributed by atoms with Crippen molar-refractivity contribution < 1.29 is 18.8 Å². The molecule has 3 amide bonds. The third kappa shape index (κ3) is 3.00. The zero-order valence-electron chi connectivity index (χ0n) is 12.4. The molecule has 0 saturated heterocycles. The van der Waals surface area contributed by atoms with Crippen LogP contribution in [-0.4, -0.2) is 29.2 Å². The highest BCUT2D eigenvalue weighted by Gasteiger charge is 2.36. The Balaban J connectivity index is 1.66. The van der Waals surface area contributed by atoms with E-state index in [0.717, 1.165) is 4.90 Å². The summed E-state index contributed by atoms with van der Waals surface area (Å²) < 4.78 is 13.5.